The predicted molar refractivity (Wildman–Crippen MR) is 72.3 cm³/mol. The Morgan fingerprint density at radius 2 is 1.65 bits per heavy atom. The Morgan fingerprint density at radius 1 is 1.09 bits per heavy atom. The molecule has 0 saturated heterocycles. The number of hydrogen-bond donors (Lipinski definition) is 2. The van der Waals surface area contributed by atoms with Gasteiger partial charge in [0.1, 0.15) is 5.82 Å². The van der Waals surface area contributed by atoms with Gasteiger partial charge in [-0.15, -0.1) is 0 Å². The summed E-state index contributed by atoms with van der Waals surface area (Å²) in [5.41, 5.74) is 1.02. The van der Waals surface area contributed by atoms with Crippen molar-refractivity contribution in [3.8, 4) is 0 Å². The second-order valence-corrected chi connectivity index (χ2v) is 4.01. The van der Waals surface area contributed by atoms with Gasteiger partial charge in [0.2, 0.25) is 0 Å². The molecule has 122 valence electrons. The predicted octanol–water partition coefficient (Wildman–Crippen LogP) is 3.11. The number of nitrogens with one attached hydrogen (secondary N) is 1. The van der Waals surface area contributed by atoms with E-state index < -0.39 is 12.1 Å². The number of hydrogen-bond acceptors (Lipinski definition) is 3. The van der Waals surface area contributed by atoms with Crippen molar-refractivity contribution >= 4 is 17.6 Å². The van der Waals surface area contributed by atoms with Gasteiger partial charge in [-0.3, -0.25) is 9.78 Å². The molecule has 0 unspecified atom stereocenters. The quantitative estimate of drug-likeness (QED) is 0.829. The SMILES string of the molecule is O=C(Nc1cccnc1)c1ccc(F)cc1.O=C(O)C(F)(F)F. The van der Waals surface area contributed by atoms with Crippen LogP contribution in [0.15, 0.2) is 48.8 Å². The molecule has 0 spiro atoms. The lowest BCUT2D eigenvalue weighted by atomic mass is 10.2. The molecule has 0 aliphatic carbocycles. The Morgan fingerprint density at radius 3 is 2.09 bits per heavy atom. The first-order valence-electron chi connectivity index (χ1n) is 5.97. The van der Waals surface area contributed by atoms with Crippen LogP contribution in [0.4, 0.5) is 23.2 Å². The summed E-state index contributed by atoms with van der Waals surface area (Å²) in [4.78, 5) is 24.4. The third-order valence-electron chi connectivity index (χ3n) is 2.27. The van der Waals surface area contributed by atoms with Crippen LogP contribution in [0.2, 0.25) is 0 Å². The summed E-state index contributed by atoms with van der Waals surface area (Å²) in [5, 5.41) is 9.78. The Balaban J connectivity index is 0.000000322. The van der Waals surface area contributed by atoms with Crippen molar-refractivity contribution in [1.82, 2.24) is 4.98 Å². The normalized spacial score (nSPS) is 10.3. The van der Waals surface area contributed by atoms with E-state index in [2.05, 4.69) is 10.3 Å². The minimum absolute atomic E-state index is 0.284. The van der Waals surface area contributed by atoms with Gasteiger partial charge < -0.3 is 10.4 Å². The Labute approximate surface area is 127 Å². The molecule has 1 heterocycles. The molecule has 9 heteroatoms. The van der Waals surface area contributed by atoms with E-state index in [-0.39, 0.29) is 11.7 Å². The number of benzene rings is 1. The Hall–Kier alpha value is -2.97. The molecule has 0 fully saturated rings. The smallest absolute Gasteiger partial charge is 0.475 e. The molecular weight excluding hydrogens is 320 g/mol. The van der Waals surface area contributed by atoms with Crippen molar-refractivity contribution in [2.24, 2.45) is 0 Å². The zero-order valence-corrected chi connectivity index (χ0v) is 11.3. The van der Waals surface area contributed by atoms with Crippen LogP contribution in [-0.4, -0.2) is 28.1 Å². The summed E-state index contributed by atoms with van der Waals surface area (Å²) < 4.78 is 44.4. The number of alkyl halides is 3. The van der Waals surface area contributed by atoms with Gasteiger partial charge in [-0.25, -0.2) is 9.18 Å². The molecular formula is C14H10F4N2O3. The first kappa shape index (κ1) is 18.1. The summed E-state index contributed by atoms with van der Waals surface area (Å²) in [6.45, 7) is 0. The maximum absolute atomic E-state index is 12.6. The lowest BCUT2D eigenvalue weighted by molar-refractivity contribution is -0.192. The van der Waals surface area contributed by atoms with Crippen molar-refractivity contribution in [2.45, 2.75) is 6.18 Å². The molecule has 0 bridgehead atoms. The number of amides is 1. The summed E-state index contributed by atoms with van der Waals surface area (Å²) in [5.74, 6) is -3.40. The molecule has 0 saturated carbocycles. The minimum atomic E-state index is -5.08. The molecule has 1 aromatic carbocycles. The summed E-state index contributed by atoms with van der Waals surface area (Å²) in [6, 6.07) is 8.81. The third kappa shape index (κ3) is 6.55. The summed E-state index contributed by atoms with van der Waals surface area (Å²) in [7, 11) is 0. The first-order valence-corrected chi connectivity index (χ1v) is 5.97. The van der Waals surface area contributed by atoms with Crippen molar-refractivity contribution in [2.75, 3.05) is 5.32 Å². The van der Waals surface area contributed by atoms with Gasteiger partial charge in [-0.2, -0.15) is 13.2 Å². The van der Waals surface area contributed by atoms with Gasteiger partial charge in [-0.1, -0.05) is 0 Å². The van der Waals surface area contributed by atoms with Crippen molar-refractivity contribution in [3.05, 3.63) is 60.2 Å². The maximum Gasteiger partial charge on any atom is 0.490 e. The van der Waals surface area contributed by atoms with E-state index >= 15 is 0 Å². The van der Waals surface area contributed by atoms with Crippen LogP contribution in [0, 0.1) is 5.82 Å². The number of rotatable bonds is 2. The van der Waals surface area contributed by atoms with E-state index in [1.54, 1.807) is 24.5 Å². The van der Waals surface area contributed by atoms with Crippen LogP contribution in [0.1, 0.15) is 10.4 Å². The van der Waals surface area contributed by atoms with E-state index in [9.17, 15) is 22.4 Å². The first-order chi connectivity index (χ1) is 10.7. The highest BCUT2D eigenvalue weighted by Crippen LogP contribution is 2.13. The molecule has 0 aliphatic rings. The molecule has 5 nitrogen and oxygen atoms in total. The van der Waals surface area contributed by atoms with E-state index in [0.29, 0.717) is 11.3 Å². The molecule has 2 aromatic rings. The number of aromatic nitrogens is 1. The van der Waals surface area contributed by atoms with Gasteiger partial charge in [0.05, 0.1) is 11.9 Å². The highest BCUT2D eigenvalue weighted by Gasteiger charge is 2.38. The highest BCUT2D eigenvalue weighted by molar-refractivity contribution is 6.04. The summed E-state index contributed by atoms with van der Waals surface area (Å²) in [6.07, 6.45) is -1.92. The lowest BCUT2D eigenvalue weighted by Crippen LogP contribution is -2.21. The number of anilines is 1. The molecule has 0 atom stereocenters. The number of carbonyl (C=O) groups is 2. The van der Waals surface area contributed by atoms with Crippen LogP contribution in [0.3, 0.4) is 0 Å². The zero-order chi connectivity index (χ0) is 17.5. The topological polar surface area (TPSA) is 79.3 Å². The van der Waals surface area contributed by atoms with Crippen LogP contribution >= 0.6 is 0 Å². The molecule has 1 amide bonds. The number of nitrogens with zero attached hydrogens (tertiary/aromatic N) is 1. The number of pyridine rings is 1. The summed E-state index contributed by atoms with van der Waals surface area (Å²) >= 11 is 0. The second kappa shape index (κ2) is 7.87. The van der Waals surface area contributed by atoms with E-state index in [1.165, 1.54) is 24.3 Å². The number of halogens is 4. The average molecular weight is 330 g/mol. The average Bonchev–Trinajstić information content (AvgIpc) is 2.48. The largest absolute Gasteiger partial charge is 0.490 e. The fourth-order valence-electron chi connectivity index (χ4n) is 1.24. The Bertz CT molecular complexity index is 658. The van der Waals surface area contributed by atoms with Gasteiger partial charge in [0.15, 0.2) is 0 Å². The van der Waals surface area contributed by atoms with Gasteiger partial charge in [-0.05, 0) is 36.4 Å². The van der Waals surface area contributed by atoms with Crippen LogP contribution in [0.25, 0.3) is 0 Å². The molecule has 0 aliphatic heterocycles. The van der Waals surface area contributed by atoms with Crippen molar-refractivity contribution in [3.63, 3.8) is 0 Å². The lowest BCUT2D eigenvalue weighted by Gasteiger charge is -2.03. The standard InChI is InChI=1S/C12H9FN2O.C2HF3O2/c13-10-5-3-9(4-6-10)12(16)15-11-2-1-7-14-8-11;3-2(4,5)1(6)7/h1-8H,(H,15,16);(H,6,7). The monoisotopic (exact) mass is 330 g/mol. The van der Waals surface area contributed by atoms with Gasteiger partial charge in [0.25, 0.3) is 5.91 Å². The van der Waals surface area contributed by atoms with Crippen molar-refractivity contribution in [1.29, 1.82) is 0 Å². The number of carboxylic acid groups (broad SMARTS) is 1. The molecule has 1 aromatic heterocycles. The van der Waals surface area contributed by atoms with Crippen LogP contribution in [0.5, 0.6) is 0 Å². The molecule has 23 heavy (non-hydrogen) atoms. The fourth-order valence-corrected chi connectivity index (χ4v) is 1.24. The molecule has 2 rings (SSSR count). The Kier molecular flexibility index (Phi) is 6.19. The van der Waals surface area contributed by atoms with E-state index in [0.717, 1.165) is 0 Å². The maximum atomic E-state index is 12.6. The second-order valence-electron chi connectivity index (χ2n) is 4.01. The number of aliphatic carboxylic acids is 1. The van der Waals surface area contributed by atoms with E-state index in [1.807, 2.05) is 0 Å². The number of carboxylic acids is 1. The fraction of sp³-hybridized carbons (Fsp3) is 0.0714. The minimum Gasteiger partial charge on any atom is -0.475 e. The van der Waals surface area contributed by atoms with Gasteiger partial charge in [0, 0.05) is 11.8 Å². The number of carbonyl (C=O) groups excluding carboxylic acids is 1. The van der Waals surface area contributed by atoms with Crippen molar-refractivity contribution < 1.29 is 32.3 Å². The van der Waals surface area contributed by atoms with Crippen LogP contribution < -0.4 is 5.32 Å². The van der Waals surface area contributed by atoms with Crippen LogP contribution in [-0.2, 0) is 4.79 Å². The highest BCUT2D eigenvalue weighted by atomic mass is 19.4. The van der Waals surface area contributed by atoms with Gasteiger partial charge >= 0.3 is 12.1 Å². The third-order valence-corrected chi connectivity index (χ3v) is 2.27. The molecule has 2 N–H and O–H groups in total. The van der Waals surface area contributed by atoms with E-state index in [4.69, 9.17) is 9.90 Å². The zero-order valence-electron chi connectivity index (χ0n) is 11.3. The molecule has 0 radical (unpaired) electrons.